The third kappa shape index (κ3) is 5.18. The summed E-state index contributed by atoms with van der Waals surface area (Å²) in [5.74, 6) is 0. The topological polar surface area (TPSA) is 12.5 Å². The Morgan fingerprint density at radius 1 is 0.657 bits per heavy atom. The van der Waals surface area contributed by atoms with Crippen molar-refractivity contribution in [1.29, 1.82) is 0 Å². The zero-order valence-corrected chi connectivity index (χ0v) is 20.0. The molecule has 0 bridgehead atoms. The first kappa shape index (κ1) is 22.6. The Kier molecular flexibility index (Phi) is 6.74. The second-order valence-corrected chi connectivity index (χ2v) is 8.77. The third-order valence-electron chi connectivity index (χ3n) is 6.25. The zero-order valence-electron chi connectivity index (χ0n) is 20.0. The van der Waals surface area contributed by atoms with Crippen molar-refractivity contribution >= 4 is 33.9 Å². The minimum Gasteiger partial charge on any atom is -0.372 e. The monoisotopic (exact) mass is 455 g/mol. The van der Waals surface area contributed by atoms with Gasteiger partial charge in [0.15, 0.2) is 0 Å². The number of aryl methyl sites for hydroxylation is 1. The van der Waals surface area contributed by atoms with Crippen LogP contribution in [0.25, 0.3) is 16.8 Å². The van der Waals surface area contributed by atoms with Gasteiger partial charge in [-0.25, -0.2) is 0 Å². The second-order valence-electron chi connectivity index (χ2n) is 8.77. The van der Waals surface area contributed by atoms with Crippen molar-refractivity contribution < 1.29 is 4.74 Å². The van der Waals surface area contributed by atoms with Crippen molar-refractivity contribution in [1.82, 2.24) is 0 Å². The maximum Gasteiger partial charge on any atom is 0.0721 e. The van der Waals surface area contributed by atoms with Gasteiger partial charge in [0.05, 0.1) is 18.9 Å². The Morgan fingerprint density at radius 2 is 1.23 bits per heavy atom. The Bertz CT molecular complexity index is 1410. The van der Waals surface area contributed by atoms with E-state index in [0.29, 0.717) is 13.2 Å². The van der Waals surface area contributed by atoms with Crippen molar-refractivity contribution in [3.05, 3.63) is 144 Å². The highest BCUT2D eigenvalue weighted by atomic mass is 16.5. The van der Waals surface area contributed by atoms with E-state index in [1.165, 1.54) is 22.0 Å². The summed E-state index contributed by atoms with van der Waals surface area (Å²) in [5.41, 5.74) is 8.10. The lowest BCUT2D eigenvalue weighted by Gasteiger charge is -2.27. The largest absolute Gasteiger partial charge is 0.372 e. The number of hydrogen-bond donors (Lipinski definition) is 0. The highest BCUT2D eigenvalue weighted by Gasteiger charge is 2.15. The van der Waals surface area contributed by atoms with Crippen molar-refractivity contribution in [3.8, 4) is 0 Å². The molecule has 5 aromatic carbocycles. The van der Waals surface area contributed by atoms with Crippen molar-refractivity contribution in [2.24, 2.45) is 0 Å². The number of nitrogens with zero attached hydrogens (tertiary/aromatic N) is 1. The van der Waals surface area contributed by atoms with Gasteiger partial charge in [0.2, 0.25) is 0 Å². The van der Waals surface area contributed by atoms with Crippen LogP contribution in [0, 0.1) is 6.92 Å². The van der Waals surface area contributed by atoms with Gasteiger partial charge in [-0.1, -0.05) is 103 Å². The average Bonchev–Trinajstić information content (AvgIpc) is 2.91. The number of rotatable bonds is 8. The van der Waals surface area contributed by atoms with Crippen LogP contribution < -0.4 is 4.90 Å². The molecule has 0 aliphatic heterocycles. The van der Waals surface area contributed by atoms with Crippen LogP contribution in [-0.4, -0.2) is 0 Å². The summed E-state index contributed by atoms with van der Waals surface area (Å²) in [5, 5.41) is 2.46. The molecule has 0 fully saturated rings. The van der Waals surface area contributed by atoms with Gasteiger partial charge < -0.3 is 9.64 Å². The van der Waals surface area contributed by atoms with E-state index >= 15 is 0 Å². The highest BCUT2D eigenvalue weighted by Crippen LogP contribution is 2.38. The Morgan fingerprint density at radius 3 is 1.89 bits per heavy atom. The molecular formula is C33H29NO. The average molecular weight is 456 g/mol. The van der Waals surface area contributed by atoms with E-state index in [1.54, 1.807) is 0 Å². The van der Waals surface area contributed by atoms with Crippen LogP contribution >= 0.6 is 0 Å². The van der Waals surface area contributed by atoms with E-state index in [9.17, 15) is 0 Å². The summed E-state index contributed by atoms with van der Waals surface area (Å²) >= 11 is 0. The highest BCUT2D eigenvalue weighted by molar-refractivity contribution is 5.98. The minimum absolute atomic E-state index is 0.572. The fraction of sp³-hybridized carbons (Fsp3) is 0.0909. The molecule has 0 atom stereocenters. The van der Waals surface area contributed by atoms with E-state index in [2.05, 4.69) is 134 Å². The molecule has 0 aliphatic rings. The molecular weight excluding hydrogens is 426 g/mol. The van der Waals surface area contributed by atoms with Gasteiger partial charge in [-0.05, 0) is 59.3 Å². The summed E-state index contributed by atoms with van der Waals surface area (Å²) in [7, 11) is 0. The normalized spacial score (nSPS) is 10.9. The van der Waals surface area contributed by atoms with E-state index < -0.39 is 0 Å². The maximum absolute atomic E-state index is 5.98. The number of anilines is 3. The van der Waals surface area contributed by atoms with Crippen LogP contribution in [0.4, 0.5) is 17.1 Å². The molecule has 0 saturated heterocycles. The number of hydrogen-bond acceptors (Lipinski definition) is 2. The van der Waals surface area contributed by atoms with Crippen molar-refractivity contribution in [3.63, 3.8) is 0 Å². The van der Waals surface area contributed by atoms with E-state index in [-0.39, 0.29) is 0 Å². The quantitative estimate of drug-likeness (QED) is 0.231. The van der Waals surface area contributed by atoms with E-state index in [0.717, 1.165) is 28.1 Å². The molecule has 0 spiro atoms. The van der Waals surface area contributed by atoms with Gasteiger partial charge in [-0.2, -0.15) is 0 Å². The molecule has 0 radical (unpaired) electrons. The molecule has 2 nitrogen and oxygen atoms in total. The molecule has 5 rings (SSSR count). The van der Waals surface area contributed by atoms with Gasteiger partial charge in [0.1, 0.15) is 0 Å². The molecule has 5 aromatic rings. The fourth-order valence-electron chi connectivity index (χ4n) is 4.30. The Balaban J connectivity index is 1.40. The Labute approximate surface area is 207 Å². The van der Waals surface area contributed by atoms with Gasteiger partial charge >= 0.3 is 0 Å². The molecule has 0 aliphatic carbocycles. The zero-order chi connectivity index (χ0) is 24.0. The van der Waals surface area contributed by atoms with Crippen LogP contribution in [0.15, 0.2) is 122 Å². The molecule has 0 saturated carbocycles. The SMILES string of the molecule is C=Cc1ccc(COCc2ccc(N(c3ccc(C)cc3)c3cccc4ccccc34)cc2)cc1. The molecule has 2 heteroatoms. The Hall–Kier alpha value is -4.14. The summed E-state index contributed by atoms with van der Waals surface area (Å²) in [4.78, 5) is 2.33. The van der Waals surface area contributed by atoms with Gasteiger partial charge in [-0.3, -0.25) is 0 Å². The van der Waals surface area contributed by atoms with Crippen LogP contribution in [0.3, 0.4) is 0 Å². The second kappa shape index (κ2) is 10.4. The smallest absolute Gasteiger partial charge is 0.0721 e. The third-order valence-corrected chi connectivity index (χ3v) is 6.25. The standard InChI is InChI=1S/C33H29NO/c1-3-26-13-15-27(16-14-26)23-35-24-28-17-21-31(22-18-28)34(30-19-11-25(2)12-20-30)33-10-6-8-29-7-4-5-9-32(29)33/h3-22H,1,23-24H2,2H3. The number of ether oxygens (including phenoxy) is 1. The molecule has 0 aromatic heterocycles. The predicted octanol–water partition coefficient (Wildman–Crippen LogP) is 8.98. The van der Waals surface area contributed by atoms with Crippen molar-refractivity contribution in [2.75, 3.05) is 4.90 Å². The van der Waals surface area contributed by atoms with Crippen LogP contribution in [0.1, 0.15) is 22.3 Å². The predicted molar refractivity (Wildman–Crippen MR) is 148 cm³/mol. The van der Waals surface area contributed by atoms with Crippen molar-refractivity contribution in [2.45, 2.75) is 20.1 Å². The van der Waals surface area contributed by atoms with Gasteiger partial charge in [0.25, 0.3) is 0 Å². The minimum atomic E-state index is 0.572. The van der Waals surface area contributed by atoms with E-state index in [4.69, 9.17) is 4.74 Å². The first-order chi connectivity index (χ1) is 17.2. The number of benzene rings is 5. The maximum atomic E-state index is 5.98. The van der Waals surface area contributed by atoms with E-state index in [1.807, 2.05) is 6.08 Å². The number of fused-ring (bicyclic) bond motifs is 1. The summed E-state index contributed by atoms with van der Waals surface area (Å²) in [6, 6.07) is 40.7. The molecule has 0 unspecified atom stereocenters. The summed E-state index contributed by atoms with van der Waals surface area (Å²) in [6.45, 7) is 7.08. The first-order valence-corrected chi connectivity index (χ1v) is 11.9. The fourth-order valence-corrected chi connectivity index (χ4v) is 4.30. The van der Waals surface area contributed by atoms with Crippen LogP contribution in [-0.2, 0) is 18.0 Å². The first-order valence-electron chi connectivity index (χ1n) is 11.9. The van der Waals surface area contributed by atoms with Crippen LogP contribution in [0.5, 0.6) is 0 Å². The van der Waals surface area contributed by atoms with Gasteiger partial charge in [-0.15, -0.1) is 0 Å². The molecule has 0 heterocycles. The van der Waals surface area contributed by atoms with Crippen LogP contribution in [0.2, 0.25) is 0 Å². The molecule has 0 amide bonds. The molecule has 172 valence electrons. The lowest BCUT2D eigenvalue weighted by Crippen LogP contribution is -2.10. The van der Waals surface area contributed by atoms with Gasteiger partial charge in [0, 0.05) is 16.8 Å². The lowest BCUT2D eigenvalue weighted by molar-refractivity contribution is 0.107. The summed E-state index contributed by atoms with van der Waals surface area (Å²) in [6.07, 6.45) is 1.85. The molecule has 35 heavy (non-hydrogen) atoms. The summed E-state index contributed by atoms with van der Waals surface area (Å²) < 4.78 is 5.98. The lowest BCUT2D eigenvalue weighted by atomic mass is 10.1. The molecule has 0 N–H and O–H groups in total.